The van der Waals surface area contributed by atoms with Gasteiger partial charge in [0.05, 0.1) is 0 Å². The van der Waals surface area contributed by atoms with Crippen LogP contribution in [-0.2, 0) is 9.53 Å². The van der Waals surface area contributed by atoms with Crippen LogP contribution in [0, 0.1) is 0 Å². The van der Waals surface area contributed by atoms with Crippen molar-refractivity contribution < 1.29 is 19.4 Å². The van der Waals surface area contributed by atoms with Crippen LogP contribution in [0.2, 0.25) is 0 Å². The number of hydrogen-bond acceptors (Lipinski definition) is 4. The number of carbonyl (C=O) groups is 2. The Hall–Kier alpha value is -1.69. The second-order valence-corrected chi connectivity index (χ2v) is 8.87. The maximum atomic E-state index is 12.8. The molecule has 1 aromatic carbocycles. The highest BCUT2D eigenvalue weighted by Gasteiger charge is 2.54. The van der Waals surface area contributed by atoms with Crippen molar-refractivity contribution in [1.82, 2.24) is 4.90 Å². The fourth-order valence-corrected chi connectivity index (χ4v) is 4.47. The zero-order valence-corrected chi connectivity index (χ0v) is 16.8. The van der Waals surface area contributed by atoms with E-state index >= 15 is 0 Å². The maximum Gasteiger partial charge on any atom is 0.411 e. The number of rotatable bonds is 6. The molecule has 0 bridgehead atoms. The lowest BCUT2D eigenvalue weighted by Crippen LogP contribution is -2.57. The highest BCUT2D eigenvalue weighted by molar-refractivity contribution is 7.99. The van der Waals surface area contributed by atoms with E-state index in [0.717, 1.165) is 11.3 Å². The molecule has 1 aliphatic rings. The predicted octanol–water partition coefficient (Wildman–Crippen LogP) is 4.80. The number of hydrogen-bond donors (Lipinski definition) is 1. The Morgan fingerprint density at radius 3 is 2.50 bits per heavy atom. The first kappa shape index (κ1) is 20.6. The highest BCUT2D eigenvalue weighted by Crippen LogP contribution is 2.40. The maximum absolute atomic E-state index is 12.8. The lowest BCUT2D eigenvalue weighted by molar-refractivity contribution is -0.150. The fraction of sp³-hybridized carbons (Fsp3) is 0.600. The van der Waals surface area contributed by atoms with Gasteiger partial charge in [0.25, 0.3) is 0 Å². The third kappa shape index (κ3) is 4.72. The Bertz CT molecular complexity index is 628. The Kier molecular flexibility index (Phi) is 6.61. The third-order valence-corrected chi connectivity index (χ3v) is 5.72. The molecule has 1 aromatic rings. The highest BCUT2D eigenvalue weighted by atomic mass is 32.2. The van der Waals surface area contributed by atoms with Crippen LogP contribution in [0.5, 0.6) is 0 Å². The molecule has 1 aliphatic heterocycles. The number of ether oxygens (including phenoxy) is 1. The van der Waals surface area contributed by atoms with Gasteiger partial charge in [0.15, 0.2) is 0 Å². The summed E-state index contributed by atoms with van der Waals surface area (Å²) >= 11 is 1.62. The van der Waals surface area contributed by atoms with Crippen molar-refractivity contribution in [1.29, 1.82) is 0 Å². The average Bonchev–Trinajstić information content (AvgIpc) is 2.94. The first-order valence-electron chi connectivity index (χ1n) is 9.13. The Morgan fingerprint density at radius 2 is 1.96 bits per heavy atom. The van der Waals surface area contributed by atoms with E-state index < -0.39 is 23.2 Å². The van der Waals surface area contributed by atoms with Gasteiger partial charge in [0.2, 0.25) is 0 Å². The number of aliphatic carboxylic acids is 1. The molecule has 1 N–H and O–H groups in total. The summed E-state index contributed by atoms with van der Waals surface area (Å²) in [6.45, 7) is 7.39. The molecule has 1 heterocycles. The molecule has 6 heteroatoms. The SMILES string of the molecule is CC[C@H]1CC[C@](CCSc2ccccc2)(C(=O)O)N1C(=O)OC(C)(C)C. The van der Waals surface area contributed by atoms with Crippen LogP contribution in [-0.4, -0.2) is 45.0 Å². The summed E-state index contributed by atoms with van der Waals surface area (Å²) < 4.78 is 5.54. The molecule has 0 unspecified atom stereocenters. The van der Waals surface area contributed by atoms with E-state index in [0.29, 0.717) is 25.0 Å². The van der Waals surface area contributed by atoms with Gasteiger partial charge in [-0.1, -0.05) is 25.1 Å². The van der Waals surface area contributed by atoms with Crippen LogP contribution >= 0.6 is 11.8 Å². The first-order chi connectivity index (χ1) is 12.2. The molecule has 2 rings (SSSR count). The minimum atomic E-state index is -1.19. The van der Waals surface area contributed by atoms with Crippen LogP contribution in [0.25, 0.3) is 0 Å². The van der Waals surface area contributed by atoms with Crippen molar-refractivity contribution in [2.75, 3.05) is 5.75 Å². The van der Waals surface area contributed by atoms with E-state index in [1.165, 1.54) is 4.90 Å². The number of likely N-dealkylation sites (tertiary alicyclic amines) is 1. The van der Waals surface area contributed by atoms with Crippen LogP contribution < -0.4 is 0 Å². The molecule has 0 saturated carbocycles. The van der Waals surface area contributed by atoms with Crippen molar-refractivity contribution in [3.05, 3.63) is 30.3 Å². The Labute approximate surface area is 160 Å². The van der Waals surface area contributed by atoms with Crippen molar-refractivity contribution in [2.24, 2.45) is 0 Å². The van der Waals surface area contributed by atoms with E-state index in [1.54, 1.807) is 32.5 Å². The van der Waals surface area contributed by atoms with Crippen LogP contribution in [0.15, 0.2) is 35.2 Å². The van der Waals surface area contributed by atoms with Gasteiger partial charge >= 0.3 is 12.1 Å². The molecule has 26 heavy (non-hydrogen) atoms. The number of carboxylic acids is 1. The summed E-state index contributed by atoms with van der Waals surface area (Å²) in [7, 11) is 0. The molecule has 0 spiro atoms. The lowest BCUT2D eigenvalue weighted by Gasteiger charge is -2.38. The second-order valence-electron chi connectivity index (χ2n) is 7.70. The van der Waals surface area contributed by atoms with Crippen molar-refractivity contribution in [3.63, 3.8) is 0 Å². The van der Waals surface area contributed by atoms with Gasteiger partial charge in [0, 0.05) is 16.7 Å². The molecule has 2 atom stereocenters. The molecule has 1 saturated heterocycles. The predicted molar refractivity (Wildman–Crippen MR) is 104 cm³/mol. The van der Waals surface area contributed by atoms with Gasteiger partial charge in [-0.25, -0.2) is 9.59 Å². The van der Waals surface area contributed by atoms with Gasteiger partial charge in [-0.05, 0) is 58.6 Å². The van der Waals surface area contributed by atoms with E-state index in [1.807, 2.05) is 37.3 Å². The van der Waals surface area contributed by atoms with Gasteiger partial charge in [-0.15, -0.1) is 11.8 Å². The Balaban J connectivity index is 2.19. The average molecular weight is 380 g/mol. The molecule has 1 fully saturated rings. The molecule has 0 aromatic heterocycles. The zero-order valence-electron chi connectivity index (χ0n) is 16.0. The monoisotopic (exact) mass is 379 g/mol. The lowest BCUT2D eigenvalue weighted by atomic mass is 9.93. The molecule has 144 valence electrons. The zero-order chi connectivity index (χ0) is 19.4. The van der Waals surface area contributed by atoms with E-state index in [9.17, 15) is 14.7 Å². The van der Waals surface area contributed by atoms with E-state index in [-0.39, 0.29) is 6.04 Å². The normalized spacial score (nSPS) is 23.1. The van der Waals surface area contributed by atoms with Gasteiger partial charge < -0.3 is 9.84 Å². The number of benzene rings is 1. The second kappa shape index (κ2) is 8.33. The van der Waals surface area contributed by atoms with E-state index in [4.69, 9.17) is 4.74 Å². The smallest absolute Gasteiger partial charge is 0.411 e. The molecule has 0 radical (unpaired) electrons. The van der Waals surface area contributed by atoms with E-state index in [2.05, 4.69) is 0 Å². The number of nitrogens with zero attached hydrogens (tertiary/aromatic N) is 1. The summed E-state index contributed by atoms with van der Waals surface area (Å²) in [5, 5.41) is 10.0. The Morgan fingerprint density at radius 1 is 1.31 bits per heavy atom. The number of amides is 1. The summed E-state index contributed by atoms with van der Waals surface area (Å²) in [4.78, 5) is 27.7. The minimum Gasteiger partial charge on any atom is -0.479 e. The first-order valence-corrected chi connectivity index (χ1v) is 10.1. The molecular formula is C20H29NO4S. The van der Waals surface area contributed by atoms with Crippen molar-refractivity contribution in [3.8, 4) is 0 Å². The van der Waals surface area contributed by atoms with Crippen LogP contribution in [0.4, 0.5) is 4.79 Å². The topological polar surface area (TPSA) is 66.8 Å². The van der Waals surface area contributed by atoms with Crippen LogP contribution in [0.1, 0.15) is 53.4 Å². The largest absolute Gasteiger partial charge is 0.479 e. The summed E-state index contributed by atoms with van der Waals surface area (Å²) in [6.07, 6.45) is 1.76. The van der Waals surface area contributed by atoms with Crippen LogP contribution in [0.3, 0.4) is 0 Å². The van der Waals surface area contributed by atoms with Crippen molar-refractivity contribution in [2.45, 2.75) is 75.5 Å². The number of carboxylic acid groups (broad SMARTS) is 1. The minimum absolute atomic E-state index is 0.0947. The molecule has 0 aliphatic carbocycles. The van der Waals surface area contributed by atoms with Crippen molar-refractivity contribution >= 4 is 23.8 Å². The molecule has 5 nitrogen and oxygen atoms in total. The summed E-state index contributed by atoms with van der Waals surface area (Å²) in [5.41, 5.74) is -1.84. The standard InChI is InChI=1S/C20H29NO4S/c1-5-15-11-12-20(17(22)23,21(15)18(24)25-19(2,3)4)13-14-26-16-9-7-6-8-10-16/h6-10,15H,5,11-14H2,1-4H3,(H,22,23)/t15-,20-/m0/s1. The summed E-state index contributed by atoms with van der Waals surface area (Å²) in [5.74, 6) is -0.306. The van der Waals surface area contributed by atoms with Gasteiger partial charge in [0.1, 0.15) is 11.1 Å². The number of carbonyl (C=O) groups excluding carboxylic acids is 1. The quantitative estimate of drug-likeness (QED) is 0.719. The molecule has 1 amide bonds. The molecular weight excluding hydrogens is 350 g/mol. The fourth-order valence-electron chi connectivity index (χ4n) is 3.44. The number of thioether (sulfide) groups is 1. The van der Waals surface area contributed by atoms with Gasteiger partial charge in [-0.3, -0.25) is 4.90 Å². The van der Waals surface area contributed by atoms with Gasteiger partial charge in [-0.2, -0.15) is 0 Å². The third-order valence-electron chi connectivity index (χ3n) is 4.70. The summed E-state index contributed by atoms with van der Waals surface area (Å²) in [6, 6.07) is 9.80.